The number of aliphatic imine (C=N–C) groups is 1. The number of nitrogens with zero attached hydrogens (tertiary/aromatic N) is 2. The van der Waals surface area contributed by atoms with Crippen molar-refractivity contribution in [3.05, 3.63) is 59.2 Å². The van der Waals surface area contributed by atoms with E-state index in [2.05, 4.69) is 49.5 Å². The Morgan fingerprint density at radius 3 is 2.34 bits per heavy atom. The zero-order valence-corrected chi connectivity index (χ0v) is 18.7. The van der Waals surface area contributed by atoms with Gasteiger partial charge in [-0.05, 0) is 61.2 Å². The number of halogens is 2. The average Bonchev–Trinajstić information content (AvgIpc) is 3.30. The van der Waals surface area contributed by atoms with Crippen molar-refractivity contribution in [2.45, 2.75) is 39.0 Å². The van der Waals surface area contributed by atoms with Crippen LogP contribution in [0.1, 0.15) is 29.5 Å². The highest BCUT2D eigenvalue weighted by atomic mass is 19.3. The summed E-state index contributed by atoms with van der Waals surface area (Å²) in [5, 5.41) is 6.55. The van der Waals surface area contributed by atoms with Crippen LogP contribution < -0.4 is 20.1 Å². The molecule has 174 valence electrons. The minimum atomic E-state index is -2.89. The molecule has 1 aliphatic heterocycles. The Balaban J connectivity index is 1.44. The second kappa shape index (κ2) is 12.2. The number of rotatable bonds is 10. The Hall–Kier alpha value is -2.87. The first-order valence-electron chi connectivity index (χ1n) is 10.9. The van der Waals surface area contributed by atoms with E-state index in [9.17, 15) is 8.78 Å². The zero-order chi connectivity index (χ0) is 22.8. The summed E-state index contributed by atoms with van der Waals surface area (Å²) in [6.07, 6.45) is 3.23. The van der Waals surface area contributed by atoms with E-state index in [4.69, 9.17) is 4.74 Å². The van der Waals surface area contributed by atoms with Gasteiger partial charge in [0.05, 0.1) is 7.11 Å². The molecule has 1 aliphatic rings. The maximum absolute atomic E-state index is 12.6. The SMILES string of the molecule is CN=C(NCCc1ccc(OC)c(OC(F)F)c1)NCc1ccc(CN2CCCC2)cc1. The lowest BCUT2D eigenvalue weighted by Gasteiger charge is -2.15. The molecule has 0 radical (unpaired) electrons. The van der Waals surface area contributed by atoms with Crippen LogP contribution in [0.2, 0.25) is 0 Å². The number of guanidine groups is 1. The second-order valence-corrected chi connectivity index (χ2v) is 7.77. The third-order valence-electron chi connectivity index (χ3n) is 5.46. The van der Waals surface area contributed by atoms with Crippen molar-refractivity contribution in [2.24, 2.45) is 4.99 Å². The van der Waals surface area contributed by atoms with E-state index in [0.717, 1.165) is 12.1 Å². The van der Waals surface area contributed by atoms with Crippen LogP contribution >= 0.6 is 0 Å². The van der Waals surface area contributed by atoms with Gasteiger partial charge < -0.3 is 20.1 Å². The Kier molecular flexibility index (Phi) is 9.10. The number of hydrogen-bond acceptors (Lipinski definition) is 4. The van der Waals surface area contributed by atoms with Crippen LogP contribution in [-0.2, 0) is 19.5 Å². The average molecular weight is 447 g/mol. The monoisotopic (exact) mass is 446 g/mol. The molecule has 0 amide bonds. The fraction of sp³-hybridized carbons (Fsp3) is 0.458. The summed E-state index contributed by atoms with van der Waals surface area (Å²) < 4.78 is 34.8. The molecule has 0 spiro atoms. The van der Waals surface area contributed by atoms with Gasteiger partial charge in [-0.15, -0.1) is 0 Å². The second-order valence-electron chi connectivity index (χ2n) is 7.77. The number of methoxy groups -OCH3 is 1. The van der Waals surface area contributed by atoms with Gasteiger partial charge in [-0.2, -0.15) is 8.78 Å². The van der Waals surface area contributed by atoms with Crippen molar-refractivity contribution in [3.63, 3.8) is 0 Å². The molecule has 1 heterocycles. The molecular formula is C24H32F2N4O2. The molecule has 6 nitrogen and oxygen atoms in total. The van der Waals surface area contributed by atoms with Gasteiger partial charge in [0.2, 0.25) is 0 Å². The fourth-order valence-electron chi connectivity index (χ4n) is 3.76. The Bertz CT molecular complexity index is 869. The highest BCUT2D eigenvalue weighted by Crippen LogP contribution is 2.29. The van der Waals surface area contributed by atoms with Gasteiger partial charge in [-0.25, -0.2) is 0 Å². The van der Waals surface area contributed by atoms with Gasteiger partial charge in [-0.1, -0.05) is 30.3 Å². The third-order valence-corrected chi connectivity index (χ3v) is 5.46. The lowest BCUT2D eigenvalue weighted by molar-refractivity contribution is -0.0512. The van der Waals surface area contributed by atoms with E-state index < -0.39 is 6.61 Å². The lowest BCUT2D eigenvalue weighted by atomic mass is 10.1. The zero-order valence-electron chi connectivity index (χ0n) is 18.7. The fourth-order valence-corrected chi connectivity index (χ4v) is 3.76. The first kappa shape index (κ1) is 23.8. The van der Waals surface area contributed by atoms with E-state index in [1.807, 2.05) is 6.07 Å². The standard InChI is InChI=1S/C24H32F2N4O2/c1-27-24(28-12-11-18-9-10-21(31-2)22(15-18)32-23(25)26)29-16-19-5-7-20(8-6-19)17-30-13-3-4-14-30/h5-10,15,23H,3-4,11-14,16-17H2,1-2H3,(H2,27,28,29). The predicted octanol–water partition coefficient (Wildman–Crippen LogP) is 3.80. The molecule has 1 saturated heterocycles. The molecule has 0 bridgehead atoms. The van der Waals surface area contributed by atoms with E-state index in [1.54, 1.807) is 19.2 Å². The van der Waals surface area contributed by atoms with Crippen molar-refractivity contribution < 1.29 is 18.3 Å². The smallest absolute Gasteiger partial charge is 0.387 e. The van der Waals surface area contributed by atoms with Crippen LogP contribution in [-0.4, -0.2) is 51.3 Å². The molecular weight excluding hydrogens is 414 g/mol. The summed E-state index contributed by atoms with van der Waals surface area (Å²) in [5.41, 5.74) is 3.38. The Labute approximate surface area is 188 Å². The van der Waals surface area contributed by atoms with Gasteiger partial charge in [0.15, 0.2) is 17.5 Å². The lowest BCUT2D eigenvalue weighted by Crippen LogP contribution is -2.37. The van der Waals surface area contributed by atoms with Crippen molar-refractivity contribution >= 4 is 5.96 Å². The first-order chi connectivity index (χ1) is 15.6. The third kappa shape index (κ3) is 7.37. The summed E-state index contributed by atoms with van der Waals surface area (Å²) in [5.74, 6) is 1.00. The molecule has 0 saturated carbocycles. The van der Waals surface area contributed by atoms with Crippen LogP contribution in [0.25, 0.3) is 0 Å². The summed E-state index contributed by atoms with van der Waals surface area (Å²) in [7, 11) is 3.14. The van der Waals surface area contributed by atoms with Gasteiger partial charge in [0.25, 0.3) is 0 Å². The molecule has 1 fully saturated rings. The van der Waals surface area contributed by atoms with E-state index in [0.29, 0.717) is 25.5 Å². The largest absolute Gasteiger partial charge is 0.493 e. The molecule has 0 atom stereocenters. The van der Waals surface area contributed by atoms with Gasteiger partial charge in [-0.3, -0.25) is 9.89 Å². The molecule has 32 heavy (non-hydrogen) atoms. The van der Waals surface area contributed by atoms with Crippen molar-refractivity contribution in [1.29, 1.82) is 0 Å². The number of nitrogens with one attached hydrogen (secondary N) is 2. The molecule has 0 unspecified atom stereocenters. The van der Waals surface area contributed by atoms with Crippen molar-refractivity contribution in [3.8, 4) is 11.5 Å². The van der Waals surface area contributed by atoms with Crippen LogP contribution in [0.15, 0.2) is 47.5 Å². The summed E-state index contributed by atoms with van der Waals surface area (Å²) in [4.78, 5) is 6.74. The van der Waals surface area contributed by atoms with E-state index >= 15 is 0 Å². The van der Waals surface area contributed by atoms with Crippen LogP contribution in [0, 0.1) is 0 Å². The van der Waals surface area contributed by atoms with Gasteiger partial charge in [0.1, 0.15) is 0 Å². The summed E-state index contributed by atoms with van der Waals surface area (Å²) in [6.45, 7) is 1.78. The van der Waals surface area contributed by atoms with Crippen LogP contribution in [0.3, 0.4) is 0 Å². The molecule has 2 N–H and O–H groups in total. The molecule has 3 rings (SSSR count). The molecule has 8 heteroatoms. The number of benzene rings is 2. The van der Waals surface area contributed by atoms with Crippen LogP contribution in [0.4, 0.5) is 8.78 Å². The summed E-state index contributed by atoms with van der Waals surface area (Å²) in [6, 6.07) is 13.7. The summed E-state index contributed by atoms with van der Waals surface area (Å²) >= 11 is 0. The number of alkyl halides is 2. The Morgan fingerprint density at radius 2 is 1.69 bits per heavy atom. The van der Waals surface area contributed by atoms with Crippen molar-refractivity contribution in [2.75, 3.05) is 33.8 Å². The molecule has 0 aromatic heterocycles. The van der Waals surface area contributed by atoms with Crippen LogP contribution in [0.5, 0.6) is 11.5 Å². The van der Waals surface area contributed by atoms with Gasteiger partial charge in [0, 0.05) is 26.7 Å². The first-order valence-corrected chi connectivity index (χ1v) is 10.9. The highest BCUT2D eigenvalue weighted by molar-refractivity contribution is 5.79. The predicted molar refractivity (Wildman–Crippen MR) is 122 cm³/mol. The van der Waals surface area contributed by atoms with Gasteiger partial charge >= 0.3 is 6.61 Å². The van der Waals surface area contributed by atoms with E-state index in [-0.39, 0.29) is 11.5 Å². The topological polar surface area (TPSA) is 58.1 Å². The molecule has 0 aliphatic carbocycles. The van der Waals surface area contributed by atoms with Crippen molar-refractivity contribution in [1.82, 2.24) is 15.5 Å². The normalized spacial score (nSPS) is 14.6. The Morgan fingerprint density at radius 1 is 1.00 bits per heavy atom. The maximum Gasteiger partial charge on any atom is 0.387 e. The minimum Gasteiger partial charge on any atom is -0.493 e. The minimum absolute atomic E-state index is 0.0377. The highest BCUT2D eigenvalue weighted by Gasteiger charge is 2.12. The number of hydrogen-bond donors (Lipinski definition) is 2. The number of ether oxygens (including phenoxy) is 2. The molecule has 2 aromatic rings. The molecule has 2 aromatic carbocycles. The number of likely N-dealkylation sites (tertiary alicyclic amines) is 1. The maximum atomic E-state index is 12.6. The van der Waals surface area contributed by atoms with E-state index in [1.165, 1.54) is 44.2 Å². The quantitative estimate of drug-likeness (QED) is 0.430.